The third-order valence-corrected chi connectivity index (χ3v) is 3.59. The lowest BCUT2D eigenvalue weighted by molar-refractivity contribution is -0.117. The van der Waals surface area contributed by atoms with Crippen molar-refractivity contribution in [2.75, 3.05) is 30.7 Å². The van der Waals surface area contributed by atoms with Crippen LogP contribution in [0.4, 0.5) is 15.8 Å². The van der Waals surface area contributed by atoms with E-state index in [1.165, 1.54) is 24.6 Å². The standard InChI is InChI=1S/C15H22FN3O/c1-10-5-11(2)8-19(7-10)9-15(20)18-12-3-4-13(16)14(17)6-12/h3-4,6,10-11H,5,7-9,17H2,1-2H3,(H,18,20). The van der Waals surface area contributed by atoms with Gasteiger partial charge in [-0.15, -0.1) is 0 Å². The largest absolute Gasteiger partial charge is 0.396 e. The van der Waals surface area contributed by atoms with Crippen LogP contribution in [0.2, 0.25) is 0 Å². The van der Waals surface area contributed by atoms with E-state index in [1.54, 1.807) is 0 Å². The Kier molecular flexibility index (Phi) is 4.60. The molecule has 5 heteroatoms. The van der Waals surface area contributed by atoms with E-state index in [2.05, 4.69) is 24.1 Å². The van der Waals surface area contributed by atoms with E-state index >= 15 is 0 Å². The molecule has 1 aliphatic heterocycles. The van der Waals surface area contributed by atoms with Crippen molar-refractivity contribution in [3.8, 4) is 0 Å². The van der Waals surface area contributed by atoms with Gasteiger partial charge in [0, 0.05) is 18.8 Å². The van der Waals surface area contributed by atoms with Gasteiger partial charge in [-0.2, -0.15) is 0 Å². The summed E-state index contributed by atoms with van der Waals surface area (Å²) in [6.45, 7) is 6.68. The van der Waals surface area contributed by atoms with E-state index in [0.29, 0.717) is 24.1 Å². The van der Waals surface area contributed by atoms with Gasteiger partial charge in [-0.25, -0.2) is 4.39 Å². The Labute approximate surface area is 119 Å². The topological polar surface area (TPSA) is 58.4 Å². The van der Waals surface area contributed by atoms with Crippen molar-refractivity contribution in [2.24, 2.45) is 11.8 Å². The molecule has 0 saturated carbocycles. The third-order valence-electron chi connectivity index (χ3n) is 3.59. The van der Waals surface area contributed by atoms with Crippen LogP contribution in [0.15, 0.2) is 18.2 Å². The summed E-state index contributed by atoms with van der Waals surface area (Å²) in [6.07, 6.45) is 1.21. The van der Waals surface area contributed by atoms with Crippen molar-refractivity contribution in [3.05, 3.63) is 24.0 Å². The van der Waals surface area contributed by atoms with Crippen molar-refractivity contribution >= 4 is 17.3 Å². The number of amides is 1. The fraction of sp³-hybridized carbons (Fsp3) is 0.533. The Hall–Kier alpha value is -1.62. The number of anilines is 2. The highest BCUT2D eigenvalue weighted by molar-refractivity contribution is 5.92. The molecule has 0 radical (unpaired) electrons. The van der Waals surface area contributed by atoms with Crippen LogP contribution in [-0.4, -0.2) is 30.4 Å². The first-order chi connectivity index (χ1) is 9.44. The van der Waals surface area contributed by atoms with Crippen LogP contribution in [0.5, 0.6) is 0 Å². The molecule has 20 heavy (non-hydrogen) atoms. The lowest BCUT2D eigenvalue weighted by Crippen LogP contribution is -2.42. The number of nitrogen functional groups attached to an aromatic ring is 1. The molecule has 1 fully saturated rings. The van der Waals surface area contributed by atoms with E-state index in [4.69, 9.17) is 5.73 Å². The third kappa shape index (κ3) is 3.93. The number of nitrogens with two attached hydrogens (primary N) is 1. The maximum absolute atomic E-state index is 13.0. The average Bonchev–Trinajstić information content (AvgIpc) is 2.32. The number of halogens is 1. The quantitative estimate of drug-likeness (QED) is 0.835. The molecule has 110 valence electrons. The molecule has 1 aromatic carbocycles. The van der Waals surface area contributed by atoms with Gasteiger partial charge in [0.05, 0.1) is 12.2 Å². The van der Waals surface area contributed by atoms with Gasteiger partial charge in [0.15, 0.2) is 0 Å². The molecule has 1 aliphatic rings. The summed E-state index contributed by atoms with van der Waals surface area (Å²) in [5, 5.41) is 2.76. The van der Waals surface area contributed by atoms with E-state index in [0.717, 1.165) is 13.1 Å². The summed E-state index contributed by atoms with van der Waals surface area (Å²) >= 11 is 0. The van der Waals surface area contributed by atoms with Crippen molar-refractivity contribution in [3.63, 3.8) is 0 Å². The van der Waals surface area contributed by atoms with Gasteiger partial charge in [0.1, 0.15) is 5.82 Å². The minimum Gasteiger partial charge on any atom is -0.396 e. The maximum Gasteiger partial charge on any atom is 0.238 e. The lowest BCUT2D eigenvalue weighted by Gasteiger charge is -2.34. The van der Waals surface area contributed by atoms with Crippen molar-refractivity contribution < 1.29 is 9.18 Å². The zero-order valence-electron chi connectivity index (χ0n) is 12.0. The minimum atomic E-state index is -0.471. The molecule has 2 unspecified atom stereocenters. The van der Waals surface area contributed by atoms with Crippen LogP contribution in [0.25, 0.3) is 0 Å². The van der Waals surface area contributed by atoms with E-state index in [-0.39, 0.29) is 11.6 Å². The first kappa shape index (κ1) is 14.8. The molecule has 3 N–H and O–H groups in total. The van der Waals surface area contributed by atoms with Crippen LogP contribution in [0.3, 0.4) is 0 Å². The van der Waals surface area contributed by atoms with Gasteiger partial charge in [-0.3, -0.25) is 9.69 Å². The first-order valence-electron chi connectivity index (χ1n) is 7.01. The van der Waals surface area contributed by atoms with Gasteiger partial charge in [-0.1, -0.05) is 13.8 Å². The van der Waals surface area contributed by atoms with E-state index < -0.39 is 5.82 Å². The zero-order valence-corrected chi connectivity index (χ0v) is 12.0. The second kappa shape index (κ2) is 6.22. The smallest absolute Gasteiger partial charge is 0.238 e. The van der Waals surface area contributed by atoms with E-state index in [9.17, 15) is 9.18 Å². The second-order valence-corrected chi connectivity index (χ2v) is 5.92. The summed E-state index contributed by atoms with van der Waals surface area (Å²) in [6, 6.07) is 4.22. The summed E-state index contributed by atoms with van der Waals surface area (Å²) in [7, 11) is 0. The molecule has 2 atom stereocenters. The molecular formula is C15H22FN3O. The Morgan fingerprint density at radius 1 is 1.40 bits per heavy atom. The fourth-order valence-corrected chi connectivity index (χ4v) is 2.95. The Morgan fingerprint density at radius 3 is 2.65 bits per heavy atom. The summed E-state index contributed by atoms with van der Waals surface area (Å²) in [5.74, 6) is 0.681. The molecular weight excluding hydrogens is 257 g/mol. The summed E-state index contributed by atoms with van der Waals surface area (Å²) in [5.41, 5.74) is 6.06. The monoisotopic (exact) mass is 279 g/mol. The predicted molar refractivity (Wildman–Crippen MR) is 78.8 cm³/mol. The molecule has 2 rings (SSSR count). The Morgan fingerprint density at radius 2 is 2.05 bits per heavy atom. The molecule has 1 heterocycles. The Balaban J connectivity index is 1.90. The van der Waals surface area contributed by atoms with Crippen LogP contribution in [0.1, 0.15) is 20.3 Å². The SMILES string of the molecule is CC1CC(C)CN(CC(=O)Nc2ccc(F)c(N)c2)C1. The number of hydrogen-bond acceptors (Lipinski definition) is 3. The predicted octanol–water partition coefficient (Wildman–Crippen LogP) is 2.32. The number of nitrogens with zero attached hydrogens (tertiary/aromatic N) is 1. The zero-order chi connectivity index (χ0) is 14.7. The number of rotatable bonds is 3. The maximum atomic E-state index is 13.0. The molecule has 0 spiro atoms. The van der Waals surface area contributed by atoms with Crippen LogP contribution < -0.4 is 11.1 Å². The van der Waals surface area contributed by atoms with Crippen molar-refractivity contribution in [1.82, 2.24) is 4.90 Å². The van der Waals surface area contributed by atoms with Gasteiger partial charge in [-0.05, 0) is 36.5 Å². The molecule has 0 aliphatic carbocycles. The molecule has 1 amide bonds. The van der Waals surface area contributed by atoms with Crippen LogP contribution >= 0.6 is 0 Å². The fourth-order valence-electron chi connectivity index (χ4n) is 2.95. The van der Waals surface area contributed by atoms with E-state index in [1.807, 2.05) is 0 Å². The van der Waals surface area contributed by atoms with Gasteiger partial charge in [0.2, 0.25) is 5.91 Å². The molecule has 0 bridgehead atoms. The normalized spacial score (nSPS) is 23.6. The summed E-state index contributed by atoms with van der Waals surface area (Å²) in [4.78, 5) is 14.2. The number of piperidine rings is 1. The van der Waals surface area contributed by atoms with Crippen LogP contribution in [-0.2, 0) is 4.79 Å². The lowest BCUT2D eigenvalue weighted by atomic mass is 9.92. The van der Waals surface area contributed by atoms with Gasteiger partial charge in [0.25, 0.3) is 0 Å². The highest BCUT2D eigenvalue weighted by Crippen LogP contribution is 2.21. The van der Waals surface area contributed by atoms with Crippen molar-refractivity contribution in [1.29, 1.82) is 0 Å². The number of likely N-dealkylation sites (tertiary alicyclic amines) is 1. The number of nitrogens with one attached hydrogen (secondary N) is 1. The van der Waals surface area contributed by atoms with Gasteiger partial charge < -0.3 is 11.1 Å². The number of carbonyl (C=O) groups is 1. The van der Waals surface area contributed by atoms with Crippen molar-refractivity contribution in [2.45, 2.75) is 20.3 Å². The summed E-state index contributed by atoms with van der Waals surface area (Å²) < 4.78 is 13.0. The highest BCUT2D eigenvalue weighted by atomic mass is 19.1. The van der Waals surface area contributed by atoms with Gasteiger partial charge >= 0.3 is 0 Å². The molecule has 1 saturated heterocycles. The number of benzene rings is 1. The molecule has 4 nitrogen and oxygen atoms in total. The minimum absolute atomic E-state index is 0.0445. The highest BCUT2D eigenvalue weighted by Gasteiger charge is 2.23. The van der Waals surface area contributed by atoms with Crippen LogP contribution in [0, 0.1) is 17.7 Å². The first-order valence-corrected chi connectivity index (χ1v) is 7.01. The number of hydrogen-bond donors (Lipinski definition) is 2. The number of carbonyl (C=O) groups excluding carboxylic acids is 1. The second-order valence-electron chi connectivity index (χ2n) is 5.92. The molecule has 0 aromatic heterocycles. The molecule has 1 aromatic rings. The Bertz CT molecular complexity index is 482. The average molecular weight is 279 g/mol.